The van der Waals surface area contributed by atoms with E-state index in [0.717, 1.165) is 13.2 Å². The molecule has 2 nitrogen and oxygen atoms in total. The number of hydrogen-bond acceptors (Lipinski definition) is 3. The van der Waals surface area contributed by atoms with Crippen LogP contribution in [0, 0.1) is 0 Å². The Morgan fingerprint density at radius 3 is 1.15 bits per heavy atom. The van der Waals surface area contributed by atoms with E-state index in [0.29, 0.717) is 0 Å². The van der Waals surface area contributed by atoms with Gasteiger partial charge < -0.3 is 9.47 Å². The Balaban J connectivity index is 2.09. The second-order valence-electron chi connectivity index (χ2n) is 9.97. The lowest BCUT2D eigenvalue weighted by Gasteiger charge is -2.18. The van der Waals surface area contributed by atoms with E-state index < -0.39 is 0 Å². The van der Waals surface area contributed by atoms with Crippen molar-refractivity contribution in [3.63, 3.8) is 0 Å². The van der Waals surface area contributed by atoms with E-state index in [1.54, 1.807) is 11.3 Å². The summed E-state index contributed by atoms with van der Waals surface area (Å²) in [5.74, 6) is 0. The Morgan fingerprint density at radius 2 is 0.818 bits per heavy atom. The molecule has 2 atom stereocenters. The van der Waals surface area contributed by atoms with Gasteiger partial charge in [-0.3, -0.25) is 0 Å². The predicted molar refractivity (Wildman–Crippen MR) is 148 cm³/mol. The van der Waals surface area contributed by atoms with Gasteiger partial charge >= 0.3 is 0 Å². The summed E-state index contributed by atoms with van der Waals surface area (Å²) in [5, 5.41) is 4.52. The first-order valence-corrected chi connectivity index (χ1v) is 15.4. The minimum Gasteiger partial charge on any atom is -0.374 e. The summed E-state index contributed by atoms with van der Waals surface area (Å²) in [6, 6.07) is 0. The molecule has 0 radical (unpaired) electrons. The van der Waals surface area contributed by atoms with Gasteiger partial charge in [0.1, 0.15) is 0 Å². The maximum absolute atomic E-state index is 6.19. The van der Waals surface area contributed by atoms with Crippen molar-refractivity contribution < 1.29 is 9.47 Å². The fourth-order valence-electron chi connectivity index (χ4n) is 4.50. The highest BCUT2D eigenvalue weighted by Gasteiger charge is 2.17. The molecule has 0 saturated heterocycles. The molecular weight excluding hydrogens is 424 g/mol. The van der Waals surface area contributed by atoms with Crippen LogP contribution in [0.3, 0.4) is 0 Å². The molecule has 0 amide bonds. The second-order valence-corrected chi connectivity index (χ2v) is 10.7. The van der Waals surface area contributed by atoms with E-state index in [1.807, 2.05) is 0 Å². The van der Waals surface area contributed by atoms with Crippen molar-refractivity contribution in [2.75, 3.05) is 13.2 Å². The van der Waals surface area contributed by atoms with Crippen LogP contribution in [0.4, 0.5) is 0 Å². The number of thiophene rings is 1. The van der Waals surface area contributed by atoms with Crippen LogP contribution in [0.5, 0.6) is 0 Å². The molecule has 0 aliphatic carbocycles. The van der Waals surface area contributed by atoms with Gasteiger partial charge in [0.2, 0.25) is 0 Å². The number of unbranched alkanes of at least 4 members (excludes halogenated alkanes) is 16. The van der Waals surface area contributed by atoms with Crippen molar-refractivity contribution in [2.45, 2.75) is 155 Å². The van der Waals surface area contributed by atoms with Crippen molar-refractivity contribution in [3.8, 4) is 0 Å². The number of rotatable bonds is 24. The zero-order valence-electron chi connectivity index (χ0n) is 22.7. The molecule has 0 fully saturated rings. The molecule has 1 aromatic heterocycles. The molecule has 0 N–H and O–H groups in total. The first kappa shape index (κ1) is 30.7. The zero-order valence-corrected chi connectivity index (χ0v) is 23.5. The van der Waals surface area contributed by atoms with Crippen LogP contribution in [0.25, 0.3) is 0 Å². The SMILES string of the molecule is CCCCCCCCCCCOC(C)c1cscc1C(C)OCCCCCCCCCCC. The molecule has 2 unspecified atom stereocenters. The van der Waals surface area contributed by atoms with Gasteiger partial charge in [0.15, 0.2) is 0 Å². The smallest absolute Gasteiger partial charge is 0.0808 e. The molecule has 194 valence electrons. The summed E-state index contributed by atoms with van der Waals surface area (Å²) >= 11 is 1.78. The fourth-order valence-corrected chi connectivity index (χ4v) is 5.52. The molecule has 3 heteroatoms. The molecule has 0 spiro atoms. The van der Waals surface area contributed by atoms with E-state index in [2.05, 4.69) is 38.5 Å². The number of ether oxygens (including phenoxy) is 2. The van der Waals surface area contributed by atoms with Gasteiger partial charge in [0.05, 0.1) is 12.2 Å². The predicted octanol–water partition coefficient (Wildman–Crippen LogP) is 11.0. The third-order valence-electron chi connectivity index (χ3n) is 6.83. The lowest BCUT2D eigenvalue weighted by molar-refractivity contribution is 0.0475. The minimum absolute atomic E-state index is 0.166. The molecule has 0 aromatic carbocycles. The average Bonchev–Trinajstić information content (AvgIpc) is 3.31. The van der Waals surface area contributed by atoms with Gasteiger partial charge in [-0.1, -0.05) is 117 Å². The second kappa shape index (κ2) is 22.1. The Kier molecular flexibility index (Phi) is 20.5. The van der Waals surface area contributed by atoms with Crippen LogP contribution >= 0.6 is 11.3 Å². The molecule has 0 saturated carbocycles. The monoisotopic (exact) mass is 480 g/mol. The van der Waals surface area contributed by atoms with Crippen molar-refractivity contribution in [2.24, 2.45) is 0 Å². The third-order valence-corrected chi connectivity index (χ3v) is 7.61. The van der Waals surface area contributed by atoms with Crippen LogP contribution in [0.1, 0.15) is 167 Å². The summed E-state index contributed by atoms with van der Waals surface area (Å²) in [4.78, 5) is 0. The van der Waals surface area contributed by atoms with E-state index in [4.69, 9.17) is 9.47 Å². The maximum atomic E-state index is 6.19. The first-order valence-electron chi connectivity index (χ1n) is 14.5. The molecule has 0 aliphatic rings. The molecule has 1 rings (SSSR count). The standard InChI is InChI=1S/C30H56O2S/c1-5-7-9-11-13-15-17-19-21-23-31-27(3)29-25-33-26-30(29)28(4)32-24-22-20-18-16-14-12-10-8-6-2/h25-28H,5-24H2,1-4H3. The topological polar surface area (TPSA) is 18.5 Å². The van der Waals surface area contributed by atoms with Gasteiger partial charge in [0, 0.05) is 13.2 Å². The Labute approximate surface area is 211 Å². The first-order chi connectivity index (χ1) is 16.2. The summed E-state index contributed by atoms with van der Waals surface area (Å²) in [6.07, 6.45) is 24.8. The van der Waals surface area contributed by atoms with Gasteiger partial charge in [0.25, 0.3) is 0 Å². The molecule has 0 aliphatic heterocycles. The lowest BCUT2D eigenvalue weighted by atomic mass is 10.1. The average molecular weight is 481 g/mol. The van der Waals surface area contributed by atoms with Crippen molar-refractivity contribution >= 4 is 11.3 Å². The van der Waals surface area contributed by atoms with Gasteiger partial charge in [-0.05, 0) is 48.6 Å². The molecule has 0 bridgehead atoms. The Hall–Kier alpha value is -0.380. The number of hydrogen-bond donors (Lipinski definition) is 0. The lowest BCUT2D eigenvalue weighted by Crippen LogP contribution is -2.07. The minimum atomic E-state index is 0.166. The summed E-state index contributed by atoms with van der Waals surface area (Å²) in [5.41, 5.74) is 2.66. The Morgan fingerprint density at radius 1 is 0.515 bits per heavy atom. The summed E-state index contributed by atoms with van der Waals surface area (Å²) in [6.45, 7) is 10.7. The van der Waals surface area contributed by atoms with Crippen molar-refractivity contribution in [1.29, 1.82) is 0 Å². The molecule has 33 heavy (non-hydrogen) atoms. The van der Waals surface area contributed by atoms with Crippen LogP contribution in [0.2, 0.25) is 0 Å². The Bertz CT molecular complexity index is 483. The van der Waals surface area contributed by atoms with E-state index >= 15 is 0 Å². The summed E-state index contributed by atoms with van der Waals surface area (Å²) in [7, 11) is 0. The highest BCUT2D eigenvalue weighted by Crippen LogP contribution is 2.31. The highest BCUT2D eigenvalue weighted by atomic mass is 32.1. The van der Waals surface area contributed by atoms with Crippen LogP contribution in [-0.2, 0) is 9.47 Å². The third kappa shape index (κ3) is 16.0. The van der Waals surface area contributed by atoms with Crippen molar-refractivity contribution in [1.82, 2.24) is 0 Å². The fraction of sp³-hybridized carbons (Fsp3) is 0.867. The quantitative estimate of drug-likeness (QED) is 0.137. The normalized spacial score (nSPS) is 13.5. The highest BCUT2D eigenvalue weighted by molar-refractivity contribution is 7.08. The summed E-state index contributed by atoms with van der Waals surface area (Å²) < 4.78 is 12.4. The van der Waals surface area contributed by atoms with Crippen molar-refractivity contribution in [3.05, 3.63) is 21.9 Å². The van der Waals surface area contributed by atoms with Gasteiger partial charge in [-0.15, -0.1) is 0 Å². The maximum Gasteiger partial charge on any atom is 0.0808 e. The van der Waals surface area contributed by atoms with Crippen LogP contribution in [-0.4, -0.2) is 13.2 Å². The van der Waals surface area contributed by atoms with E-state index in [-0.39, 0.29) is 12.2 Å². The zero-order chi connectivity index (χ0) is 24.0. The van der Waals surface area contributed by atoms with Gasteiger partial charge in [-0.25, -0.2) is 0 Å². The van der Waals surface area contributed by atoms with E-state index in [1.165, 1.54) is 127 Å². The molecular formula is C30H56O2S. The molecule has 1 aromatic rings. The van der Waals surface area contributed by atoms with Crippen LogP contribution < -0.4 is 0 Å². The largest absolute Gasteiger partial charge is 0.374 e. The van der Waals surface area contributed by atoms with Gasteiger partial charge in [-0.2, -0.15) is 11.3 Å². The van der Waals surface area contributed by atoms with E-state index in [9.17, 15) is 0 Å². The molecule has 1 heterocycles. The van der Waals surface area contributed by atoms with Crippen LogP contribution in [0.15, 0.2) is 10.8 Å².